The van der Waals surface area contributed by atoms with Gasteiger partial charge in [0.05, 0.1) is 11.7 Å². The number of hydrogen-bond acceptors (Lipinski definition) is 2. The second-order valence-corrected chi connectivity index (χ2v) is 6.67. The molecule has 2 nitrogen and oxygen atoms in total. The third kappa shape index (κ3) is 3.36. The van der Waals surface area contributed by atoms with Gasteiger partial charge in [0.1, 0.15) is 0 Å². The molecule has 3 heteroatoms. The van der Waals surface area contributed by atoms with Crippen LogP contribution in [0.1, 0.15) is 43.7 Å². The van der Waals surface area contributed by atoms with Gasteiger partial charge in [0.15, 0.2) is 0 Å². The van der Waals surface area contributed by atoms with E-state index in [1.807, 2.05) is 25.1 Å². The zero-order valence-corrected chi connectivity index (χ0v) is 13.4. The Morgan fingerprint density at radius 3 is 2.60 bits per heavy atom. The Hall–Kier alpha value is -0.570. The van der Waals surface area contributed by atoms with E-state index in [9.17, 15) is 5.11 Å². The van der Waals surface area contributed by atoms with E-state index in [2.05, 4.69) is 6.92 Å². The van der Waals surface area contributed by atoms with Crippen molar-refractivity contribution >= 4 is 11.6 Å². The van der Waals surface area contributed by atoms with Crippen molar-refractivity contribution in [2.24, 2.45) is 5.92 Å². The Bertz CT molecular complexity index is 450. The number of benzene rings is 1. The van der Waals surface area contributed by atoms with Crippen LogP contribution in [0.25, 0.3) is 0 Å². The highest BCUT2D eigenvalue weighted by molar-refractivity contribution is 6.31. The maximum absolute atomic E-state index is 10.7. The first-order chi connectivity index (χ1) is 9.47. The van der Waals surface area contributed by atoms with E-state index in [1.54, 1.807) is 7.11 Å². The van der Waals surface area contributed by atoms with E-state index >= 15 is 0 Å². The number of methoxy groups -OCH3 is 1. The minimum Gasteiger partial charge on any atom is -0.390 e. The first kappa shape index (κ1) is 15.8. The maximum atomic E-state index is 10.7. The van der Waals surface area contributed by atoms with Crippen LogP contribution in [0.15, 0.2) is 18.2 Å². The Labute approximate surface area is 127 Å². The predicted molar refractivity (Wildman–Crippen MR) is 83.3 cm³/mol. The fourth-order valence-corrected chi connectivity index (χ4v) is 3.45. The van der Waals surface area contributed by atoms with Crippen LogP contribution in [0.3, 0.4) is 0 Å². The summed E-state index contributed by atoms with van der Waals surface area (Å²) < 4.78 is 5.73. The molecule has 0 spiro atoms. The van der Waals surface area contributed by atoms with Gasteiger partial charge in [-0.2, -0.15) is 0 Å². The largest absolute Gasteiger partial charge is 0.390 e. The van der Waals surface area contributed by atoms with E-state index in [4.69, 9.17) is 16.3 Å². The molecule has 0 heterocycles. The number of aliphatic hydroxyl groups is 1. The summed E-state index contributed by atoms with van der Waals surface area (Å²) in [6.45, 7) is 4.29. The summed E-state index contributed by atoms with van der Waals surface area (Å²) in [6, 6.07) is 6.00. The number of ether oxygens (including phenoxy) is 1. The van der Waals surface area contributed by atoms with E-state index < -0.39 is 11.7 Å². The van der Waals surface area contributed by atoms with Gasteiger partial charge in [-0.15, -0.1) is 0 Å². The predicted octanol–water partition coefficient (Wildman–Crippen LogP) is 4.15. The van der Waals surface area contributed by atoms with Gasteiger partial charge in [-0.05, 0) is 55.7 Å². The first-order valence-electron chi connectivity index (χ1n) is 7.45. The minimum absolute atomic E-state index is 0.402. The molecule has 1 N–H and O–H groups in total. The highest BCUT2D eigenvalue weighted by atomic mass is 35.5. The summed E-state index contributed by atoms with van der Waals surface area (Å²) >= 11 is 6.27. The molecule has 0 aromatic heterocycles. The van der Waals surface area contributed by atoms with Crippen molar-refractivity contribution in [3.63, 3.8) is 0 Å². The summed E-state index contributed by atoms with van der Waals surface area (Å²) in [4.78, 5) is 0. The highest BCUT2D eigenvalue weighted by Gasteiger charge is 2.40. The molecule has 1 aromatic rings. The van der Waals surface area contributed by atoms with Crippen molar-refractivity contribution in [3.8, 4) is 0 Å². The van der Waals surface area contributed by atoms with Crippen LogP contribution in [-0.2, 0) is 11.2 Å². The van der Waals surface area contributed by atoms with Gasteiger partial charge >= 0.3 is 0 Å². The Balaban J connectivity index is 2.11. The summed E-state index contributed by atoms with van der Waals surface area (Å²) in [5, 5.41) is 11.4. The average Bonchev–Trinajstić information content (AvgIpc) is 2.43. The van der Waals surface area contributed by atoms with Crippen molar-refractivity contribution in [1.82, 2.24) is 0 Å². The smallest absolute Gasteiger partial charge is 0.0939 e. The molecule has 112 valence electrons. The molecular weight excluding hydrogens is 272 g/mol. The number of halogens is 1. The highest BCUT2D eigenvalue weighted by Crippen LogP contribution is 2.38. The van der Waals surface area contributed by atoms with Gasteiger partial charge < -0.3 is 9.84 Å². The van der Waals surface area contributed by atoms with Crippen molar-refractivity contribution in [3.05, 3.63) is 34.3 Å². The molecule has 1 fully saturated rings. The van der Waals surface area contributed by atoms with Crippen LogP contribution in [0.4, 0.5) is 0 Å². The molecular formula is C17H25ClO2. The van der Waals surface area contributed by atoms with E-state index in [0.717, 1.165) is 47.8 Å². The standard InChI is InChI=1S/C17H25ClO2/c1-12-6-8-17(20-3,9-7-12)16(19)11-14-5-4-13(2)10-15(14)18/h4-5,10,12,16,19H,6-9,11H2,1-3H3. The fraction of sp³-hybridized carbons (Fsp3) is 0.647. The summed E-state index contributed by atoms with van der Waals surface area (Å²) in [5.74, 6) is 0.730. The van der Waals surface area contributed by atoms with Crippen LogP contribution in [0.2, 0.25) is 5.02 Å². The second kappa shape index (κ2) is 6.46. The summed E-state index contributed by atoms with van der Waals surface area (Å²) in [5.41, 5.74) is 1.74. The van der Waals surface area contributed by atoms with E-state index in [1.165, 1.54) is 0 Å². The van der Waals surface area contributed by atoms with Crippen LogP contribution in [0, 0.1) is 12.8 Å². The Morgan fingerprint density at radius 1 is 1.40 bits per heavy atom. The summed E-state index contributed by atoms with van der Waals surface area (Å²) in [6.07, 6.45) is 4.14. The molecule has 1 aliphatic rings. The molecule has 1 atom stereocenters. The minimum atomic E-state index is -0.500. The van der Waals surface area contributed by atoms with Crippen molar-refractivity contribution in [2.75, 3.05) is 7.11 Å². The van der Waals surface area contributed by atoms with Crippen molar-refractivity contribution < 1.29 is 9.84 Å². The third-order valence-corrected chi connectivity index (χ3v) is 5.11. The molecule has 0 aliphatic heterocycles. The molecule has 0 saturated heterocycles. The van der Waals surface area contributed by atoms with Crippen molar-refractivity contribution in [2.45, 2.75) is 57.7 Å². The Morgan fingerprint density at radius 2 is 2.05 bits per heavy atom. The lowest BCUT2D eigenvalue weighted by Gasteiger charge is -2.42. The van der Waals surface area contributed by atoms with Gasteiger partial charge in [0, 0.05) is 18.6 Å². The van der Waals surface area contributed by atoms with E-state index in [0.29, 0.717) is 6.42 Å². The van der Waals surface area contributed by atoms with Crippen LogP contribution in [-0.4, -0.2) is 23.9 Å². The van der Waals surface area contributed by atoms with Crippen LogP contribution in [0.5, 0.6) is 0 Å². The van der Waals surface area contributed by atoms with Gasteiger partial charge in [-0.1, -0.05) is 30.7 Å². The molecule has 1 unspecified atom stereocenters. The lowest BCUT2D eigenvalue weighted by Crippen LogP contribution is -2.47. The molecule has 0 bridgehead atoms. The Kier molecular flexibility index (Phi) is 5.11. The van der Waals surface area contributed by atoms with Crippen molar-refractivity contribution in [1.29, 1.82) is 0 Å². The number of aryl methyl sites for hydroxylation is 1. The van der Waals surface area contributed by atoms with E-state index in [-0.39, 0.29) is 0 Å². The normalized spacial score (nSPS) is 28.4. The molecule has 1 saturated carbocycles. The fourth-order valence-electron chi connectivity index (χ4n) is 3.14. The summed E-state index contributed by atoms with van der Waals surface area (Å²) in [7, 11) is 1.72. The quantitative estimate of drug-likeness (QED) is 0.904. The first-order valence-corrected chi connectivity index (χ1v) is 7.83. The zero-order valence-electron chi connectivity index (χ0n) is 12.7. The van der Waals surface area contributed by atoms with Gasteiger partial charge in [-0.3, -0.25) is 0 Å². The monoisotopic (exact) mass is 296 g/mol. The number of aliphatic hydroxyl groups excluding tert-OH is 1. The van der Waals surface area contributed by atoms with Crippen LogP contribution >= 0.6 is 11.6 Å². The lowest BCUT2D eigenvalue weighted by molar-refractivity contribution is -0.127. The number of hydrogen-bond donors (Lipinski definition) is 1. The van der Waals surface area contributed by atoms with Crippen LogP contribution < -0.4 is 0 Å². The SMILES string of the molecule is COC1(C(O)Cc2ccc(C)cc2Cl)CCC(C)CC1. The molecule has 1 aliphatic carbocycles. The lowest BCUT2D eigenvalue weighted by atomic mass is 9.75. The molecule has 0 amide bonds. The van der Waals surface area contributed by atoms with Gasteiger partial charge in [0.2, 0.25) is 0 Å². The zero-order chi connectivity index (χ0) is 14.8. The second-order valence-electron chi connectivity index (χ2n) is 6.27. The molecule has 20 heavy (non-hydrogen) atoms. The third-order valence-electron chi connectivity index (χ3n) is 4.76. The number of rotatable bonds is 4. The topological polar surface area (TPSA) is 29.5 Å². The van der Waals surface area contributed by atoms with Gasteiger partial charge in [0.25, 0.3) is 0 Å². The maximum Gasteiger partial charge on any atom is 0.0939 e. The molecule has 2 rings (SSSR count). The molecule has 1 aromatic carbocycles. The van der Waals surface area contributed by atoms with Gasteiger partial charge in [-0.25, -0.2) is 0 Å². The average molecular weight is 297 g/mol. The molecule has 0 radical (unpaired) electrons.